The summed E-state index contributed by atoms with van der Waals surface area (Å²) in [4.78, 5) is 22.7. The van der Waals surface area contributed by atoms with Crippen LogP contribution in [0.5, 0.6) is 0 Å². The summed E-state index contributed by atoms with van der Waals surface area (Å²) in [6.07, 6.45) is 1.57. The van der Waals surface area contributed by atoms with Crippen LogP contribution in [0.2, 0.25) is 0 Å². The van der Waals surface area contributed by atoms with Crippen LogP contribution in [0.1, 0.15) is 47.0 Å². The average molecular weight is 273 g/mol. The number of aliphatic carboxylic acids is 1. The lowest BCUT2D eigenvalue weighted by Gasteiger charge is -2.23. The zero-order valence-electron chi connectivity index (χ0n) is 12.7. The van der Waals surface area contributed by atoms with E-state index in [4.69, 9.17) is 9.84 Å². The van der Waals surface area contributed by atoms with Gasteiger partial charge in [-0.1, -0.05) is 20.8 Å². The Labute approximate surface area is 115 Å². The Hall–Kier alpha value is -1.10. The van der Waals surface area contributed by atoms with E-state index in [0.29, 0.717) is 19.3 Å². The molecule has 0 saturated heterocycles. The van der Waals surface area contributed by atoms with E-state index in [1.165, 1.54) is 0 Å². The van der Waals surface area contributed by atoms with E-state index in [0.717, 1.165) is 0 Å². The first kappa shape index (κ1) is 17.9. The molecule has 0 aromatic carbocycles. The van der Waals surface area contributed by atoms with Gasteiger partial charge in [-0.25, -0.2) is 0 Å². The molecule has 0 spiro atoms. The number of nitrogens with one attached hydrogen (secondary N) is 1. The van der Waals surface area contributed by atoms with Crippen LogP contribution in [0.3, 0.4) is 0 Å². The third kappa shape index (κ3) is 9.47. The molecule has 0 rings (SSSR count). The number of hydrogen-bond acceptors (Lipinski definition) is 3. The average Bonchev–Trinajstić information content (AvgIpc) is 2.29. The predicted molar refractivity (Wildman–Crippen MR) is 73.9 cm³/mol. The van der Waals surface area contributed by atoms with Gasteiger partial charge in [0.25, 0.3) is 0 Å². The number of carbonyl (C=O) groups is 2. The summed E-state index contributed by atoms with van der Waals surface area (Å²) in [5.74, 6) is -1.52. The van der Waals surface area contributed by atoms with Crippen molar-refractivity contribution >= 4 is 11.9 Å². The maximum absolute atomic E-state index is 11.6. The molecule has 0 aliphatic carbocycles. The number of amides is 1. The number of hydrogen-bond donors (Lipinski definition) is 2. The molecule has 0 heterocycles. The lowest BCUT2D eigenvalue weighted by molar-refractivity contribution is -0.142. The molecule has 5 nitrogen and oxygen atoms in total. The second-order valence-electron chi connectivity index (χ2n) is 6.19. The minimum absolute atomic E-state index is 0.0376. The molecule has 2 unspecified atom stereocenters. The van der Waals surface area contributed by atoms with Crippen molar-refractivity contribution in [2.75, 3.05) is 13.7 Å². The first-order valence-corrected chi connectivity index (χ1v) is 6.68. The van der Waals surface area contributed by atoms with Crippen molar-refractivity contribution in [1.29, 1.82) is 0 Å². The molecule has 2 N–H and O–H groups in total. The van der Waals surface area contributed by atoms with E-state index < -0.39 is 11.9 Å². The van der Waals surface area contributed by atoms with E-state index in [-0.39, 0.29) is 24.0 Å². The summed E-state index contributed by atoms with van der Waals surface area (Å²) >= 11 is 0. The fraction of sp³-hybridized carbons (Fsp3) is 0.857. The summed E-state index contributed by atoms with van der Waals surface area (Å²) in [6.45, 7) is 8.06. The van der Waals surface area contributed by atoms with E-state index in [2.05, 4.69) is 5.32 Å². The van der Waals surface area contributed by atoms with Crippen LogP contribution in [0.25, 0.3) is 0 Å². The van der Waals surface area contributed by atoms with Crippen molar-refractivity contribution in [1.82, 2.24) is 5.32 Å². The molecule has 2 atom stereocenters. The van der Waals surface area contributed by atoms with Gasteiger partial charge in [-0.15, -0.1) is 0 Å². The van der Waals surface area contributed by atoms with Gasteiger partial charge in [-0.2, -0.15) is 0 Å². The molecule has 0 radical (unpaired) electrons. The lowest BCUT2D eigenvalue weighted by Crippen LogP contribution is -2.35. The summed E-state index contributed by atoms with van der Waals surface area (Å²) in [5.41, 5.74) is -0.0711. The highest BCUT2D eigenvalue weighted by atomic mass is 16.5. The second-order valence-corrected chi connectivity index (χ2v) is 6.19. The number of carbonyl (C=O) groups excluding carboxylic acids is 1. The monoisotopic (exact) mass is 273 g/mol. The first-order chi connectivity index (χ1) is 8.65. The highest BCUT2D eigenvalue weighted by Crippen LogP contribution is 2.24. The molecule has 0 saturated carbocycles. The van der Waals surface area contributed by atoms with Gasteiger partial charge in [0.2, 0.25) is 5.91 Å². The van der Waals surface area contributed by atoms with Crippen molar-refractivity contribution in [2.45, 2.75) is 53.1 Å². The highest BCUT2D eigenvalue weighted by molar-refractivity contribution is 5.77. The number of carboxylic acid groups (broad SMARTS) is 1. The number of carboxylic acids is 1. The first-order valence-electron chi connectivity index (χ1n) is 6.68. The fourth-order valence-corrected chi connectivity index (χ4v) is 1.76. The Bertz CT molecular complexity index is 296. The van der Waals surface area contributed by atoms with E-state index >= 15 is 0 Å². The normalized spacial score (nSPS) is 14.8. The van der Waals surface area contributed by atoms with Crippen LogP contribution in [0, 0.1) is 11.3 Å². The van der Waals surface area contributed by atoms with Gasteiger partial charge >= 0.3 is 5.97 Å². The van der Waals surface area contributed by atoms with Crippen LogP contribution in [0.4, 0.5) is 0 Å². The summed E-state index contributed by atoms with van der Waals surface area (Å²) < 4.78 is 5.06. The van der Waals surface area contributed by atoms with Crippen LogP contribution in [-0.2, 0) is 14.3 Å². The second kappa shape index (κ2) is 8.15. The van der Waals surface area contributed by atoms with Gasteiger partial charge in [0.05, 0.1) is 12.0 Å². The molecular formula is C14H27NO4. The van der Waals surface area contributed by atoms with Crippen molar-refractivity contribution in [3.8, 4) is 0 Å². The van der Waals surface area contributed by atoms with E-state index in [1.807, 2.05) is 27.7 Å². The zero-order valence-corrected chi connectivity index (χ0v) is 12.7. The van der Waals surface area contributed by atoms with E-state index in [1.54, 1.807) is 7.11 Å². The number of ether oxygens (including phenoxy) is 1. The van der Waals surface area contributed by atoms with Crippen molar-refractivity contribution in [3.05, 3.63) is 0 Å². The lowest BCUT2D eigenvalue weighted by atomic mass is 9.84. The Morgan fingerprint density at radius 1 is 1.32 bits per heavy atom. The number of rotatable bonds is 8. The molecule has 112 valence electrons. The maximum Gasteiger partial charge on any atom is 0.308 e. The molecule has 0 aromatic heterocycles. The minimum atomic E-state index is -0.861. The summed E-state index contributed by atoms with van der Waals surface area (Å²) in [6, 6.07) is 0. The largest absolute Gasteiger partial charge is 0.481 e. The molecular weight excluding hydrogens is 246 g/mol. The van der Waals surface area contributed by atoms with Gasteiger partial charge in [0.15, 0.2) is 0 Å². The summed E-state index contributed by atoms with van der Waals surface area (Å²) in [7, 11) is 1.60. The third-order valence-corrected chi connectivity index (χ3v) is 2.93. The Kier molecular flexibility index (Phi) is 7.68. The third-order valence-electron chi connectivity index (χ3n) is 2.93. The number of methoxy groups -OCH3 is 1. The molecule has 0 aliphatic heterocycles. The van der Waals surface area contributed by atoms with Crippen LogP contribution in [-0.4, -0.2) is 36.7 Å². The van der Waals surface area contributed by atoms with E-state index in [9.17, 15) is 9.59 Å². The van der Waals surface area contributed by atoms with Crippen molar-refractivity contribution < 1.29 is 19.4 Å². The molecule has 0 aliphatic rings. The van der Waals surface area contributed by atoms with Gasteiger partial charge < -0.3 is 15.2 Å². The Balaban J connectivity index is 4.11. The fourth-order valence-electron chi connectivity index (χ4n) is 1.76. The van der Waals surface area contributed by atoms with Gasteiger partial charge in [0, 0.05) is 20.1 Å². The Morgan fingerprint density at radius 3 is 2.32 bits per heavy atom. The quantitative estimate of drug-likeness (QED) is 0.709. The molecule has 0 fully saturated rings. The van der Waals surface area contributed by atoms with Crippen molar-refractivity contribution in [3.63, 3.8) is 0 Å². The maximum atomic E-state index is 11.6. The smallest absolute Gasteiger partial charge is 0.308 e. The van der Waals surface area contributed by atoms with Crippen LogP contribution in [0.15, 0.2) is 0 Å². The predicted octanol–water partition coefficient (Wildman–Crippen LogP) is 2.05. The Morgan fingerprint density at radius 2 is 1.89 bits per heavy atom. The van der Waals surface area contributed by atoms with Gasteiger partial charge in [-0.05, 0) is 25.2 Å². The molecule has 0 bridgehead atoms. The van der Waals surface area contributed by atoms with Crippen LogP contribution >= 0.6 is 0 Å². The van der Waals surface area contributed by atoms with Crippen LogP contribution < -0.4 is 5.32 Å². The zero-order chi connectivity index (χ0) is 15.1. The molecule has 1 amide bonds. The summed E-state index contributed by atoms with van der Waals surface area (Å²) in [5, 5.41) is 11.8. The topological polar surface area (TPSA) is 75.6 Å². The molecule has 5 heteroatoms. The van der Waals surface area contributed by atoms with Gasteiger partial charge in [0.1, 0.15) is 0 Å². The minimum Gasteiger partial charge on any atom is -0.481 e. The standard InChI is InChI=1S/C14H27NO4/c1-10(19-5)6-7-12(16)15-9-11(13(17)18)8-14(2,3)4/h10-11H,6-9H2,1-5H3,(H,15,16)(H,17,18). The SMILES string of the molecule is COC(C)CCC(=O)NCC(CC(C)(C)C)C(=O)O. The highest BCUT2D eigenvalue weighted by Gasteiger charge is 2.24. The van der Waals surface area contributed by atoms with Gasteiger partial charge in [-0.3, -0.25) is 9.59 Å². The molecule has 0 aromatic rings. The molecule has 19 heavy (non-hydrogen) atoms. The van der Waals surface area contributed by atoms with Crippen molar-refractivity contribution in [2.24, 2.45) is 11.3 Å².